The van der Waals surface area contributed by atoms with Crippen LogP contribution in [-0.2, 0) is 17.4 Å². The molecular weight excluding hydrogens is 493 g/mol. The molecule has 196 valence electrons. The molecular formula is C29H27F3N4O2. The molecule has 4 aromatic rings. The molecule has 0 bridgehead atoms. The number of likely N-dealkylation sites (N-methyl/N-ethyl adjacent to an activating group) is 1. The van der Waals surface area contributed by atoms with Crippen molar-refractivity contribution in [3.05, 3.63) is 113 Å². The van der Waals surface area contributed by atoms with Gasteiger partial charge in [0.25, 0.3) is 11.8 Å². The van der Waals surface area contributed by atoms with Crippen LogP contribution >= 0.6 is 0 Å². The maximum atomic E-state index is 13.2. The molecule has 1 atom stereocenters. The van der Waals surface area contributed by atoms with Gasteiger partial charge in [-0.15, -0.1) is 0 Å². The molecule has 1 aromatic heterocycles. The molecule has 1 N–H and O–H groups in total. The van der Waals surface area contributed by atoms with Crippen LogP contribution in [0, 0.1) is 6.92 Å². The van der Waals surface area contributed by atoms with E-state index >= 15 is 0 Å². The summed E-state index contributed by atoms with van der Waals surface area (Å²) in [6.45, 7) is 3.99. The summed E-state index contributed by atoms with van der Waals surface area (Å²) in [6, 6.07) is 24.6. The van der Waals surface area contributed by atoms with Gasteiger partial charge in [-0.25, -0.2) is 4.68 Å². The molecule has 6 nitrogen and oxygen atoms in total. The van der Waals surface area contributed by atoms with E-state index in [4.69, 9.17) is 0 Å². The molecule has 0 saturated heterocycles. The molecule has 1 unspecified atom stereocenters. The lowest BCUT2D eigenvalue weighted by molar-refractivity contribution is -0.137. The maximum Gasteiger partial charge on any atom is 0.416 e. The van der Waals surface area contributed by atoms with Crippen LogP contribution in [0.1, 0.15) is 34.1 Å². The number of hydrogen-bond donors (Lipinski definition) is 1. The Hall–Kier alpha value is -4.40. The van der Waals surface area contributed by atoms with E-state index in [1.54, 1.807) is 9.58 Å². The first-order chi connectivity index (χ1) is 18.2. The number of rotatable bonds is 4. The van der Waals surface area contributed by atoms with Gasteiger partial charge in [0.05, 0.1) is 16.9 Å². The minimum Gasteiger partial charge on any atom is -0.340 e. The first-order valence-electron chi connectivity index (χ1n) is 12.1. The largest absolute Gasteiger partial charge is 0.416 e. The van der Waals surface area contributed by atoms with E-state index in [2.05, 4.69) is 10.4 Å². The quantitative estimate of drug-likeness (QED) is 0.381. The van der Waals surface area contributed by atoms with Gasteiger partial charge in [-0.3, -0.25) is 14.5 Å². The van der Waals surface area contributed by atoms with Gasteiger partial charge in [0.2, 0.25) is 0 Å². The molecule has 38 heavy (non-hydrogen) atoms. The average molecular weight is 521 g/mol. The zero-order valence-electron chi connectivity index (χ0n) is 20.9. The lowest BCUT2D eigenvalue weighted by atomic mass is 9.99. The number of para-hydroxylation sites is 1. The Bertz CT molecular complexity index is 1380. The Balaban J connectivity index is 0.000000494. The smallest absolute Gasteiger partial charge is 0.340 e. The van der Waals surface area contributed by atoms with Crippen molar-refractivity contribution >= 4 is 17.6 Å². The predicted molar refractivity (Wildman–Crippen MR) is 139 cm³/mol. The summed E-state index contributed by atoms with van der Waals surface area (Å²) < 4.78 is 40.7. The number of benzene rings is 3. The number of aryl methyl sites for hydroxylation is 1. The molecule has 0 saturated carbocycles. The third-order valence-corrected chi connectivity index (χ3v) is 6.13. The highest BCUT2D eigenvalue weighted by Crippen LogP contribution is 2.33. The molecule has 1 aliphatic heterocycles. The van der Waals surface area contributed by atoms with E-state index in [0.717, 1.165) is 23.4 Å². The lowest BCUT2D eigenvalue weighted by Gasteiger charge is -2.32. The average Bonchev–Trinajstić information content (AvgIpc) is 3.26. The van der Waals surface area contributed by atoms with Gasteiger partial charge in [0.15, 0.2) is 0 Å². The first kappa shape index (κ1) is 26.7. The number of hydrogen-bond acceptors (Lipinski definition) is 3. The van der Waals surface area contributed by atoms with Crippen LogP contribution in [0.5, 0.6) is 0 Å². The molecule has 2 amide bonds. The Morgan fingerprint density at radius 2 is 1.58 bits per heavy atom. The van der Waals surface area contributed by atoms with Gasteiger partial charge in [-0.05, 0) is 44.2 Å². The molecule has 3 aromatic carbocycles. The fourth-order valence-electron chi connectivity index (χ4n) is 4.28. The van der Waals surface area contributed by atoms with Crippen molar-refractivity contribution in [2.75, 3.05) is 11.4 Å². The molecule has 1 aliphatic rings. The number of aromatic nitrogens is 2. The highest BCUT2D eigenvalue weighted by molar-refractivity contribution is 6.04. The summed E-state index contributed by atoms with van der Waals surface area (Å²) in [5.74, 6) is -0.426. The zero-order valence-corrected chi connectivity index (χ0v) is 20.9. The van der Waals surface area contributed by atoms with Gasteiger partial charge >= 0.3 is 6.18 Å². The van der Waals surface area contributed by atoms with E-state index in [1.165, 1.54) is 12.1 Å². The van der Waals surface area contributed by atoms with Gasteiger partial charge < -0.3 is 5.32 Å². The van der Waals surface area contributed by atoms with Crippen molar-refractivity contribution in [1.82, 2.24) is 15.1 Å². The van der Waals surface area contributed by atoms with Crippen molar-refractivity contribution in [2.45, 2.75) is 32.5 Å². The van der Waals surface area contributed by atoms with E-state index in [0.29, 0.717) is 18.1 Å². The third-order valence-electron chi connectivity index (χ3n) is 6.13. The zero-order chi connectivity index (χ0) is 27.3. The summed E-state index contributed by atoms with van der Waals surface area (Å²) in [6.07, 6.45) is -4.36. The molecule has 9 heteroatoms. The van der Waals surface area contributed by atoms with Crippen molar-refractivity contribution in [3.63, 3.8) is 0 Å². The van der Waals surface area contributed by atoms with E-state index in [-0.39, 0.29) is 17.9 Å². The number of carbonyl (C=O) groups excluding carboxylic acids is 2. The number of alkyl halides is 3. The highest BCUT2D eigenvalue weighted by Gasteiger charge is 2.38. The molecule has 0 spiro atoms. The summed E-state index contributed by atoms with van der Waals surface area (Å²) in [4.78, 5) is 27.4. The minimum absolute atomic E-state index is 0.154. The molecule has 0 fully saturated rings. The summed E-state index contributed by atoms with van der Waals surface area (Å²) in [5, 5.41) is 7.20. The third kappa shape index (κ3) is 5.77. The van der Waals surface area contributed by atoms with Crippen LogP contribution in [-0.4, -0.2) is 34.2 Å². The normalized spacial score (nSPS) is 14.8. The van der Waals surface area contributed by atoms with Gasteiger partial charge in [0.1, 0.15) is 11.9 Å². The molecule has 2 heterocycles. The van der Waals surface area contributed by atoms with Crippen LogP contribution in [0.2, 0.25) is 0 Å². The molecule has 5 rings (SSSR count). The standard InChI is InChI=1S/C23H21F3N4O2.C6H6/c1-3-29-21-18(14(2)28-30(21)17-10-5-4-6-11-17)13-19(22(29)32)27-20(31)15-8-7-9-16(12-15)23(24,25)26;1-2-4-6-5-3-1/h4-12,19H,3,13H2,1-2H3,(H,27,31);1-6H. The second-order valence-electron chi connectivity index (χ2n) is 8.68. The van der Waals surface area contributed by atoms with Gasteiger partial charge in [0, 0.05) is 24.1 Å². The fourth-order valence-corrected chi connectivity index (χ4v) is 4.28. The Labute approximate surface area is 218 Å². The van der Waals surface area contributed by atoms with Gasteiger partial charge in [-0.2, -0.15) is 18.3 Å². The van der Waals surface area contributed by atoms with Crippen LogP contribution in [0.15, 0.2) is 91.0 Å². The monoisotopic (exact) mass is 520 g/mol. The number of nitrogens with zero attached hydrogens (tertiary/aromatic N) is 3. The maximum absolute atomic E-state index is 13.2. The number of carbonyl (C=O) groups is 2. The number of amides is 2. The summed E-state index contributed by atoms with van der Waals surface area (Å²) in [5.41, 5.74) is 1.25. The summed E-state index contributed by atoms with van der Waals surface area (Å²) in [7, 11) is 0. The van der Waals surface area contributed by atoms with Crippen molar-refractivity contribution < 1.29 is 22.8 Å². The fraction of sp³-hybridized carbons (Fsp3) is 0.207. The SMILES string of the molecule is CCN1C(=O)C(NC(=O)c2cccc(C(F)(F)F)c2)Cc2c(C)nn(-c3ccccc3)c21.c1ccccc1. The van der Waals surface area contributed by atoms with E-state index in [1.807, 2.05) is 80.6 Å². The Morgan fingerprint density at radius 3 is 2.16 bits per heavy atom. The first-order valence-corrected chi connectivity index (χ1v) is 12.1. The molecule has 0 radical (unpaired) electrons. The Kier molecular flexibility index (Phi) is 7.95. The topological polar surface area (TPSA) is 67.2 Å². The van der Waals surface area contributed by atoms with E-state index < -0.39 is 23.7 Å². The summed E-state index contributed by atoms with van der Waals surface area (Å²) >= 11 is 0. The Morgan fingerprint density at radius 1 is 0.974 bits per heavy atom. The number of halogens is 3. The lowest BCUT2D eigenvalue weighted by Crippen LogP contribution is -2.53. The second-order valence-corrected chi connectivity index (χ2v) is 8.68. The highest BCUT2D eigenvalue weighted by atomic mass is 19.4. The van der Waals surface area contributed by atoms with Crippen molar-refractivity contribution in [1.29, 1.82) is 0 Å². The van der Waals surface area contributed by atoms with Crippen molar-refractivity contribution in [2.24, 2.45) is 0 Å². The number of fused-ring (bicyclic) bond motifs is 1. The number of anilines is 1. The van der Waals surface area contributed by atoms with Crippen LogP contribution in [0.3, 0.4) is 0 Å². The van der Waals surface area contributed by atoms with Crippen LogP contribution < -0.4 is 10.2 Å². The van der Waals surface area contributed by atoms with E-state index in [9.17, 15) is 22.8 Å². The number of nitrogens with one attached hydrogen (secondary N) is 1. The predicted octanol–water partition coefficient (Wildman–Crippen LogP) is 5.59. The minimum atomic E-state index is -4.56. The van der Waals surface area contributed by atoms with Crippen molar-refractivity contribution in [3.8, 4) is 5.69 Å². The second kappa shape index (κ2) is 11.3. The van der Waals surface area contributed by atoms with Crippen LogP contribution in [0.25, 0.3) is 5.69 Å². The van der Waals surface area contributed by atoms with Crippen LogP contribution in [0.4, 0.5) is 19.0 Å². The molecule has 0 aliphatic carbocycles. The van der Waals surface area contributed by atoms with Gasteiger partial charge in [-0.1, -0.05) is 60.7 Å².